The fourth-order valence-corrected chi connectivity index (χ4v) is 2.41. The van der Waals surface area contributed by atoms with E-state index in [1.807, 2.05) is 0 Å². The second-order valence-electron chi connectivity index (χ2n) is 4.67. The van der Waals surface area contributed by atoms with Crippen molar-refractivity contribution in [2.75, 3.05) is 19.0 Å². The summed E-state index contributed by atoms with van der Waals surface area (Å²) in [5.74, 6) is -0.751. The van der Waals surface area contributed by atoms with E-state index in [2.05, 4.69) is 5.32 Å². The zero-order valence-corrected chi connectivity index (χ0v) is 12.0. The van der Waals surface area contributed by atoms with Crippen LogP contribution in [0.25, 0.3) is 0 Å². The lowest BCUT2D eigenvalue weighted by molar-refractivity contribution is -0.141. The number of amides is 2. The van der Waals surface area contributed by atoms with Gasteiger partial charge in [-0.15, -0.1) is 0 Å². The highest BCUT2D eigenvalue weighted by molar-refractivity contribution is 6.31. The highest BCUT2D eigenvalue weighted by atomic mass is 35.5. The summed E-state index contributed by atoms with van der Waals surface area (Å²) in [6.07, 6.45) is -0.840. The molecule has 2 rings (SSSR count). The summed E-state index contributed by atoms with van der Waals surface area (Å²) in [4.78, 5) is 24.4. The Bertz CT molecular complexity index is 565. The number of hydrogen-bond donors (Lipinski definition) is 3. The molecule has 0 saturated carbocycles. The summed E-state index contributed by atoms with van der Waals surface area (Å²) in [6.45, 7) is -0.0360. The molecular formula is C13H15ClN2O5. The minimum Gasteiger partial charge on any atom is -0.495 e. The number of rotatable bonds is 3. The zero-order valence-electron chi connectivity index (χ0n) is 11.2. The maximum atomic E-state index is 12.2. The first-order valence-electron chi connectivity index (χ1n) is 6.24. The number of methoxy groups -OCH3 is 1. The molecular weight excluding hydrogens is 300 g/mol. The third-order valence-electron chi connectivity index (χ3n) is 3.23. The van der Waals surface area contributed by atoms with Crippen LogP contribution in [0.5, 0.6) is 5.75 Å². The number of halogens is 1. The Morgan fingerprint density at radius 1 is 1.48 bits per heavy atom. The molecule has 114 valence electrons. The summed E-state index contributed by atoms with van der Waals surface area (Å²) in [7, 11) is 1.44. The molecule has 1 aliphatic rings. The Kier molecular flexibility index (Phi) is 4.54. The third-order valence-corrected chi connectivity index (χ3v) is 3.46. The molecule has 3 N–H and O–H groups in total. The molecule has 0 aromatic heterocycles. The number of anilines is 1. The number of likely N-dealkylation sites (tertiary alicyclic amines) is 1. The van der Waals surface area contributed by atoms with Gasteiger partial charge in [-0.2, -0.15) is 0 Å². The molecule has 1 saturated heterocycles. The van der Waals surface area contributed by atoms with Crippen LogP contribution >= 0.6 is 11.6 Å². The molecule has 21 heavy (non-hydrogen) atoms. The smallest absolute Gasteiger partial charge is 0.326 e. The standard InChI is InChI=1S/C13H15ClN2O5/c1-21-11-3-2-7(14)4-9(11)15-13(20)16-6-8(17)5-10(16)12(18)19/h2-4,8,10,17H,5-6H2,1H3,(H,15,20)(H,18,19)/t8-,10-/m0/s1. The molecule has 0 bridgehead atoms. The van der Waals surface area contributed by atoms with Gasteiger partial charge in [-0.3, -0.25) is 0 Å². The van der Waals surface area contributed by atoms with Gasteiger partial charge in [0.2, 0.25) is 0 Å². The van der Waals surface area contributed by atoms with Crippen molar-refractivity contribution in [1.29, 1.82) is 0 Å². The number of aliphatic carboxylic acids is 1. The van der Waals surface area contributed by atoms with Gasteiger partial charge in [0.05, 0.1) is 18.9 Å². The molecule has 0 aliphatic carbocycles. The molecule has 2 atom stereocenters. The quantitative estimate of drug-likeness (QED) is 0.783. The maximum absolute atomic E-state index is 12.2. The summed E-state index contributed by atoms with van der Waals surface area (Å²) >= 11 is 5.86. The van der Waals surface area contributed by atoms with Gasteiger partial charge in [0.25, 0.3) is 0 Å². The average Bonchev–Trinajstić information content (AvgIpc) is 2.81. The number of benzene rings is 1. The number of urea groups is 1. The Labute approximate surface area is 126 Å². The second-order valence-corrected chi connectivity index (χ2v) is 5.11. The number of aliphatic hydroxyl groups excluding tert-OH is 1. The number of aliphatic hydroxyl groups is 1. The molecule has 1 fully saturated rings. The van der Waals surface area contributed by atoms with E-state index in [0.717, 1.165) is 4.90 Å². The van der Waals surface area contributed by atoms with Gasteiger partial charge >= 0.3 is 12.0 Å². The number of carboxylic acid groups (broad SMARTS) is 1. The van der Waals surface area contributed by atoms with Gasteiger partial charge in [-0.25, -0.2) is 9.59 Å². The van der Waals surface area contributed by atoms with Crippen molar-refractivity contribution in [3.05, 3.63) is 23.2 Å². The number of carbonyl (C=O) groups is 2. The molecule has 0 radical (unpaired) electrons. The van der Waals surface area contributed by atoms with Crippen LogP contribution in [0.4, 0.5) is 10.5 Å². The number of carboxylic acids is 1. The third kappa shape index (κ3) is 3.37. The Hall–Kier alpha value is -1.99. The number of β-amino-alcohol motifs (C(OH)–C–C–N with tert-alkyl or cyclic N) is 1. The van der Waals surface area contributed by atoms with Gasteiger partial charge in [0, 0.05) is 18.0 Å². The summed E-state index contributed by atoms with van der Waals surface area (Å²) in [5, 5.41) is 21.6. The minimum atomic E-state index is -1.15. The van der Waals surface area contributed by atoms with Crippen molar-refractivity contribution >= 4 is 29.3 Å². The number of carbonyl (C=O) groups excluding carboxylic acids is 1. The Morgan fingerprint density at radius 3 is 2.81 bits per heavy atom. The molecule has 8 heteroatoms. The minimum absolute atomic E-state index is 0.00936. The van der Waals surface area contributed by atoms with E-state index < -0.39 is 24.1 Å². The zero-order chi connectivity index (χ0) is 15.6. The lowest BCUT2D eigenvalue weighted by atomic mass is 10.2. The lowest BCUT2D eigenvalue weighted by Crippen LogP contribution is -2.43. The number of nitrogens with one attached hydrogen (secondary N) is 1. The largest absolute Gasteiger partial charge is 0.495 e. The first-order valence-corrected chi connectivity index (χ1v) is 6.62. The molecule has 1 heterocycles. The monoisotopic (exact) mass is 314 g/mol. The first kappa shape index (κ1) is 15.4. The van der Waals surface area contributed by atoms with Gasteiger partial charge in [-0.05, 0) is 18.2 Å². The van der Waals surface area contributed by atoms with Crippen molar-refractivity contribution in [3.63, 3.8) is 0 Å². The van der Waals surface area contributed by atoms with Crippen LogP contribution in [0.2, 0.25) is 5.02 Å². The number of hydrogen-bond acceptors (Lipinski definition) is 4. The summed E-state index contributed by atoms with van der Waals surface area (Å²) in [5.41, 5.74) is 0.334. The van der Waals surface area contributed by atoms with Crippen molar-refractivity contribution in [3.8, 4) is 5.75 Å². The number of nitrogens with zero attached hydrogens (tertiary/aromatic N) is 1. The van der Waals surface area contributed by atoms with Gasteiger partial charge in [0.15, 0.2) is 0 Å². The highest BCUT2D eigenvalue weighted by Gasteiger charge is 2.39. The summed E-state index contributed by atoms with van der Waals surface area (Å²) < 4.78 is 5.10. The summed E-state index contributed by atoms with van der Waals surface area (Å²) in [6, 6.07) is 3.02. The molecule has 2 amide bonds. The predicted molar refractivity (Wildman–Crippen MR) is 75.8 cm³/mol. The van der Waals surface area contributed by atoms with Crippen LogP contribution in [0.3, 0.4) is 0 Å². The molecule has 7 nitrogen and oxygen atoms in total. The van der Waals surface area contributed by atoms with E-state index in [1.165, 1.54) is 13.2 Å². The predicted octanol–water partition coefficient (Wildman–Crippen LogP) is 1.40. The SMILES string of the molecule is COc1ccc(Cl)cc1NC(=O)N1C[C@@H](O)C[C@H]1C(=O)O. The Balaban J connectivity index is 2.18. The van der Waals surface area contributed by atoms with Crippen molar-refractivity contribution in [1.82, 2.24) is 4.90 Å². The van der Waals surface area contributed by atoms with E-state index in [0.29, 0.717) is 16.5 Å². The number of ether oxygens (including phenoxy) is 1. The van der Waals surface area contributed by atoms with Gasteiger partial charge in [-0.1, -0.05) is 11.6 Å². The van der Waals surface area contributed by atoms with Gasteiger partial charge < -0.3 is 25.2 Å². The van der Waals surface area contributed by atoms with E-state index in [1.54, 1.807) is 12.1 Å². The van der Waals surface area contributed by atoms with Gasteiger partial charge in [0.1, 0.15) is 11.8 Å². The van der Waals surface area contributed by atoms with Crippen molar-refractivity contribution in [2.45, 2.75) is 18.6 Å². The van der Waals surface area contributed by atoms with E-state index in [4.69, 9.17) is 21.4 Å². The van der Waals surface area contributed by atoms with Crippen LogP contribution in [0.15, 0.2) is 18.2 Å². The fraction of sp³-hybridized carbons (Fsp3) is 0.385. The van der Waals surface area contributed by atoms with Crippen LogP contribution in [-0.4, -0.2) is 52.9 Å². The molecule has 0 unspecified atom stereocenters. The molecule has 1 aromatic carbocycles. The fourth-order valence-electron chi connectivity index (χ4n) is 2.24. The second kappa shape index (κ2) is 6.19. The normalized spacial score (nSPS) is 21.2. The topological polar surface area (TPSA) is 99.1 Å². The molecule has 0 spiro atoms. The highest BCUT2D eigenvalue weighted by Crippen LogP contribution is 2.29. The van der Waals surface area contributed by atoms with E-state index in [-0.39, 0.29) is 13.0 Å². The van der Waals surface area contributed by atoms with Crippen LogP contribution in [0, 0.1) is 0 Å². The lowest BCUT2D eigenvalue weighted by Gasteiger charge is -2.22. The Morgan fingerprint density at radius 2 is 2.19 bits per heavy atom. The average molecular weight is 315 g/mol. The first-order chi connectivity index (χ1) is 9.92. The van der Waals surface area contributed by atoms with E-state index >= 15 is 0 Å². The molecule has 1 aromatic rings. The van der Waals surface area contributed by atoms with Crippen molar-refractivity contribution < 1.29 is 24.5 Å². The van der Waals surface area contributed by atoms with Crippen LogP contribution < -0.4 is 10.1 Å². The van der Waals surface area contributed by atoms with Crippen LogP contribution in [-0.2, 0) is 4.79 Å². The van der Waals surface area contributed by atoms with E-state index in [9.17, 15) is 14.7 Å². The van der Waals surface area contributed by atoms with Crippen molar-refractivity contribution in [2.24, 2.45) is 0 Å². The van der Waals surface area contributed by atoms with Crippen LogP contribution in [0.1, 0.15) is 6.42 Å². The maximum Gasteiger partial charge on any atom is 0.326 e. The molecule has 1 aliphatic heterocycles.